The molecule has 3 N–H and O–H groups in total. The Morgan fingerprint density at radius 1 is 1.41 bits per heavy atom. The Labute approximate surface area is 98.5 Å². The predicted octanol–water partition coefficient (Wildman–Crippen LogP) is -1.31. The average Bonchev–Trinajstić information content (AvgIpc) is 2.57. The molecule has 1 aliphatic rings. The van der Waals surface area contributed by atoms with Crippen molar-refractivity contribution in [3.05, 3.63) is 0 Å². The molecule has 1 saturated heterocycles. The van der Waals surface area contributed by atoms with Crippen molar-refractivity contribution in [1.29, 1.82) is 0 Å². The lowest BCUT2D eigenvalue weighted by Gasteiger charge is -2.16. The molecule has 1 heterocycles. The smallest absolute Gasteiger partial charge is 0.273 e. The number of rotatable bonds is 5. The predicted molar refractivity (Wildman–Crippen MR) is 58.0 cm³/mol. The van der Waals surface area contributed by atoms with Gasteiger partial charge in [0.2, 0.25) is 10.0 Å². The maximum atomic E-state index is 12.8. The van der Waals surface area contributed by atoms with Gasteiger partial charge in [-0.25, -0.2) is 30.3 Å². The first-order valence-corrected chi connectivity index (χ1v) is 8.21. The molecule has 17 heavy (non-hydrogen) atoms. The maximum absolute atomic E-state index is 12.8. The molecule has 0 aromatic heterocycles. The van der Waals surface area contributed by atoms with Crippen molar-refractivity contribution in [2.75, 3.05) is 24.6 Å². The minimum atomic E-state index is -4.04. The molecule has 10 heteroatoms. The summed E-state index contributed by atoms with van der Waals surface area (Å²) in [7, 11) is -7.41. The molecule has 0 aromatic rings. The van der Waals surface area contributed by atoms with E-state index in [0.717, 1.165) is 0 Å². The lowest BCUT2D eigenvalue weighted by atomic mass is 10.3. The van der Waals surface area contributed by atoms with Gasteiger partial charge in [0.1, 0.15) is 0 Å². The van der Waals surface area contributed by atoms with Gasteiger partial charge in [0.15, 0.2) is 9.84 Å². The molecule has 6 nitrogen and oxygen atoms in total. The van der Waals surface area contributed by atoms with Gasteiger partial charge in [-0.05, 0) is 6.42 Å². The Balaban J connectivity index is 2.65. The number of nitrogens with two attached hydrogens (primary N) is 1. The van der Waals surface area contributed by atoms with Gasteiger partial charge in [-0.15, -0.1) is 0 Å². The summed E-state index contributed by atoms with van der Waals surface area (Å²) >= 11 is 0. The van der Waals surface area contributed by atoms with Crippen molar-refractivity contribution in [3.8, 4) is 0 Å². The van der Waals surface area contributed by atoms with E-state index in [-0.39, 0.29) is 12.2 Å². The molecule has 0 radical (unpaired) electrons. The van der Waals surface area contributed by atoms with Crippen LogP contribution in [0.3, 0.4) is 0 Å². The SMILES string of the molecule is NCC(F)(F)CNS(=O)(=O)C1CCS(=O)(=O)C1. The summed E-state index contributed by atoms with van der Waals surface area (Å²) in [5.74, 6) is -4.08. The third-order valence-corrected chi connectivity index (χ3v) is 6.27. The van der Waals surface area contributed by atoms with E-state index >= 15 is 0 Å². The van der Waals surface area contributed by atoms with Gasteiger partial charge in [-0.2, -0.15) is 0 Å². The van der Waals surface area contributed by atoms with Crippen molar-refractivity contribution in [2.24, 2.45) is 5.73 Å². The van der Waals surface area contributed by atoms with Gasteiger partial charge in [-0.3, -0.25) is 0 Å². The first-order chi connectivity index (χ1) is 7.58. The van der Waals surface area contributed by atoms with Crippen LogP contribution in [-0.4, -0.2) is 52.6 Å². The second-order valence-corrected chi connectivity index (χ2v) is 8.23. The highest BCUT2D eigenvalue weighted by atomic mass is 32.2. The van der Waals surface area contributed by atoms with E-state index in [2.05, 4.69) is 0 Å². The van der Waals surface area contributed by atoms with Crippen LogP contribution >= 0.6 is 0 Å². The summed E-state index contributed by atoms with van der Waals surface area (Å²) in [5, 5.41) is -1.15. The Morgan fingerprint density at radius 3 is 2.41 bits per heavy atom. The van der Waals surface area contributed by atoms with Gasteiger partial charge >= 0.3 is 0 Å². The lowest BCUT2D eigenvalue weighted by molar-refractivity contribution is 0.0170. The fourth-order valence-corrected chi connectivity index (χ4v) is 5.51. The van der Waals surface area contributed by atoms with Crippen LogP contribution in [0.4, 0.5) is 8.78 Å². The summed E-state index contributed by atoms with van der Waals surface area (Å²) < 4.78 is 72.4. The molecule has 1 rings (SSSR count). The highest BCUT2D eigenvalue weighted by Gasteiger charge is 2.38. The van der Waals surface area contributed by atoms with Gasteiger partial charge in [0.05, 0.1) is 29.8 Å². The van der Waals surface area contributed by atoms with Crippen LogP contribution in [0.15, 0.2) is 0 Å². The van der Waals surface area contributed by atoms with Crippen molar-refractivity contribution in [2.45, 2.75) is 17.6 Å². The zero-order valence-corrected chi connectivity index (χ0v) is 10.5. The van der Waals surface area contributed by atoms with Crippen LogP contribution < -0.4 is 10.5 Å². The molecule has 1 unspecified atom stereocenters. The second-order valence-electron chi connectivity index (χ2n) is 3.95. The fraction of sp³-hybridized carbons (Fsp3) is 1.00. The van der Waals surface area contributed by atoms with Crippen LogP contribution in [-0.2, 0) is 19.9 Å². The van der Waals surface area contributed by atoms with Gasteiger partial charge < -0.3 is 5.73 Å². The van der Waals surface area contributed by atoms with E-state index in [1.54, 1.807) is 4.72 Å². The third-order valence-electron chi connectivity index (χ3n) is 2.46. The number of nitrogens with one attached hydrogen (secondary N) is 1. The molecule has 0 amide bonds. The second kappa shape index (κ2) is 4.75. The quantitative estimate of drug-likeness (QED) is 0.654. The van der Waals surface area contributed by atoms with E-state index in [4.69, 9.17) is 5.73 Å². The molecular weight excluding hydrogens is 278 g/mol. The van der Waals surface area contributed by atoms with E-state index < -0.39 is 49.9 Å². The van der Waals surface area contributed by atoms with Gasteiger partial charge in [-0.1, -0.05) is 0 Å². The van der Waals surface area contributed by atoms with Gasteiger partial charge in [0.25, 0.3) is 5.92 Å². The number of hydrogen-bond acceptors (Lipinski definition) is 5. The molecule has 0 aliphatic carbocycles. The Morgan fingerprint density at radius 2 is 2.00 bits per heavy atom. The number of hydrogen-bond donors (Lipinski definition) is 2. The summed E-state index contributed by atoms with van der Waals surface area (Å²) in [5.41, 5.74) is 4.75. The van der Waals surface area contributed by atoms with Crippen molar-refractivity contribution < 1.29 is 25.6 Å². The topological polar surface area (TPSA) is 106 Å². The van der Waals surface area contributed by atoms with Crippen LogP contribution in [0.5, 0.6) is 0 Å². The van der Waals surface area contributed by atoms with Crippen molar-refractivity contribution in [3.63, 3.8) is 0 Å². The summed E-state index contributed by atoms with van der Waals surface area (Å²) in [6.07, 6.45) is -0.0636. The minimum absolute atomic E-state index is 0.0636. The monoisotopic (exact) mass is 292 g/mol. The zero-order chi connectivity index (χ0) is 13.3. The standard InChI is InChI=1S/C7H14F2N2O4S2/c8-7(9,4-10)5-11-17(14,15)6-1-2-16(12,13)3-6/h6,11H,1-5,10H2. The summed E-state index contributed by atoms with van der Waals surface area (Å²) in [4.78, 5) is 0. The Bertz CT molecular complexity index is 474. The third kappa shape index (κ3) is 4.12. The minimum Gasteiger partial charge on any atom is -0.325 e. The van der Waals surface area contributed by atoms with Crippen LogP contribution in [0, 0.1) is 0 Å². The van der Waals surface area contributed by atoms with Crippen molar-refractivity contribution in [1.82, 2.24) is 4.72 Å². The maximum Gasteiger partial charge on any atom is 0.273 e. The molecule has 0 spiro atoms. The van der Waals surface area contributed by atoms with E-state index in [1.165, 1.54) is 0 Å². The lowest BCUT2D eigenvalue weighted by Crippen LogP contribution is -2.44. The Kier molecular flexibility index (Phi) is 4.12. The largest absolute Gasteiger partial charge is 0.325 e. The molecule has 1 fully saturated rings. The zero-order valence-electron chi connectivity index (χ0n) is 8.90. The molecular formula is C7H14F2N2O4S2. The first-order valence-electron chi connectivity index (χ1n) is 4.85. The summed E-state index contributed by atoms with van der Waals surface area (Å²) in [6.45, 7) is -2.08. The molecule has 1 aliphatic heterocycles. The summed E-state index contributed by atoms with van der Waals surface area (Å²) in [6, 6.07) is 0. The van der Waals surface area contributed by atoms with E-state index in [9.17, 15) is 25.6 Å². The van der Waals surface area contributed by atoms with Crippen LogP contribution in [0.25, 0.3) is 0 Å². The first kappa shape index (κ1) is 14.7. The van der Waals surface area contributed by atoms with Crippen LogP contribution in [0.2, 0.25) is 0 Å². The molecule has 0 saturated carbocycles. The highest BCUT2D eigenvalue weighted by Crippen LogP contribution is 2.19. The number of halogens is 2. The van der Waals surface area contributed by atoms with E-state index in [0.29, 0.717) is 0 Å². The Hall–Kier alpha value is -0.320. The van der Waals surface area contributed by atoms with E-state index in [1.807, 2.05) is 0 Å². The van der Waals surface area contributed by atoms with Crippen LogP contribution in [0.1, 0.15) is 6.42 Å². The average molecular weight is 292 g/mol. The fourth-order valence-electron chi connectivity index (χ4n) is 1.40. The molecule has 0 aromatic carbocycles. The molecule has 0 bridgehead atoms. The molecule has 1 atom stereocenters. The number of alkyl halides is 2. The number of sulfone groups is 1. The normalized spacial score (nSPS) is 25.0. The van der Waals surface area contributed by atoms with Crippen molar-refractivity contribution >= 4 is 19.9 Å². The number of sulfonamides is 1. The molecule has 102 valence electrons. The van der Waals surface area contributed by atoms with Gasteiger partial charge in [0, 0.05) is 0 Å². The highest BCUT2D eigenvalue weighted by molar-refractivity contribution is 7.95.